The fourth-order valence-electron chi connectivity index (χ4n) is 3.22. The molecule has 1 N–H and O–H groups in total. The second-order valence-corrected chi connectivity index (χ2v) is 6.56. The van der Waals surface area contributed by atoms with Crippen molar-refractivity contribution in [3.63, 3.8) is 0 Å². The number of ether oxygens (including phenoxy) is 1. The van der Waals surface area contributed by atoms with Crippen LogP contribution in [-0.4, -0.2) is 68.0 Å². The van der Waals surface area contributed by atoms with Gasteiger partial charge in [0.05, 0.1) is 7.11 Å². The maximum atomic E-state index is 12.6. The van der Waals surface area contributed by atoms with Crippen molar-refractivity contribution < 1.29 is 14.3 Å². The molecule has 1 unspecified atom stereocenters. The van der Waals surface area contributed by atoms with Gasteiger partial charge in [-0.1, -0.05) is 13.0 Å². The van der Waals surface area contributed by atoms with Crippen LogP contribution in [0, 0.1) is 11.8 Å². The van der Waals surface area contributed by atoms with E-state index in [9.17, 15) is 9.59 Å². The Morgan fingerprint density at radius 3 is 2.42 bits per heavy atom. The summed E-state index contributed by atoms with van der Waals surface area (Å²) in [6, 6.07) is 7.20. The average Bonchev–Trinajstić information content (AvgIpc) is 2.59. The van der Waals surface area contributed by atoms with Crippen LogP contribution in [0.1, 0.15) is 17.3 Å². The summed E-state index contributed by atoms with van der Waals surface area (Å²) in [7, 11) is 1.59. The van der Waals surface area contributed by atoms with E-state index < -0.39 is 0 Å². The van der Waals surface area contributed by atoms with Crippen LogP contribution in [0.5, 0.6) is 5.75 Å². The number of methoxy groups -OCH3 is 1. The van der Waals surface area contributed by atoms with Crippen LogP contribution >= 0.6 is 0 Å². The zero-order valence-corrected chi connectivity index (χ0v) is 14.3. The molecule has 130 valence electrons. The third-order valence-electron chi connectivity index (χ3n) is 5.10. The fourth-order valence-corrected chi connectivity index (χ4v) is 3.22. The van der Waals surface area contributed by atoms with Gasteiger partial charge in [-0.05, 0) is 37.2 Å². The Morgan fingerprint density at radius 2 is 1.83 bits per heavy atom. The standard InChI is InChI=1S/C18H25N3O3/c1-13(15-11-19-12-15)17(22)20-6-8-21(9-7-20)18(23)14-4-3-5-16(10-14)24-2/h3-5,10,13,15,19H,6-9,11-12H2,1-2H3. The average molecular weight is 331 g/mol. The number of carbonyl (C=O) groups excluding carboxylic acids is 2. The summed E-state index contributed by atoms with van der Waals surface area (Å²) in [5.41, 5.74) is 0.628. The lowest BCUT2D eigenvalue weighted by Gasteiger charge is -2.39. The van der Waals surface area contributed by atoms with Gasteiger partial charge in [0.25, 0.3) is 5.91 Å². The van der Waals surface area contributed by atoms with Crippen molar-refractivity contribution in [2.24, 2.45) is 11.8 Å². The second kappa shape index (κ2) is 7.21. The SMILES string of the molecule is COc1cccc(C(=O)N2CCN(C(=O)C(C)C3CNC3)CC2)c1. The van der Waals surface area contributed by atoms with Gasteiger partial charge in [0.1, 0.15) is 5.75 Å². The van der Waals surface area contributed by atoms with E-state index >= 15 is 0 Å². The predicted molar refractivity (Wildman–Crippen MR) is 91.0 cm³/mol. The maximum Gasteiger partial charge on any atom is 0.254 e. The van der Waals surface area contributed by atoms with Crippen LogP contribution < -0.4 is 10.1 Å². The van der Waals surface area contributed by atoms with Crippen LogP contribution in [0.3, 0.4) is 0 Å². The fraction of sp³-hybridized carbons (Fsp3) is 0.556. The Hall–Kier alpha value is -2.08. The molecule has 6 nitrogen and oxygen atoms in total. The summed E-state index contributed by atoms with van der Waals surface area (Å²) in [5, 5.41) is 3.22. The molecule has 2 heterocycles. The first kappa shape index (κ1) is 16.8. The van der Waals surface area contributed by atoms with Crippen molar-refractivity contribution in [2.45, 2.75) is 6.92 Å². The summed E-state index contributed by atoms with van der Waals surface area (Å²) in [6.45, 7) is 6.26. The molecule has 2 saturated heterocycles. The number of rotatable bonds is 4. The van der Waals surface area contributed by atoms with Gasteiger partial charge < -0.3 is 19.9 Å². The Kier molecular flexibility index (Phi) is 5.04. The summed E-state index contributed by atoms with van der Waals surface area (Å²) in [5.74, 6) is 1.41. The van der Waals surface area contributed by atoms with Crippen LogP contribution in [-0.2, 0) is 4.79 Å². The predicted octanol–water partition coefficient (Wildman–Crippen LogP) is 0.835. The molecule has 1 atom stereocenters. The van der Waals surface area contributed by atoms with Gasteiger partial charge >= 0.3 is 0 Å². The van der Waals surface area contributed by atoms with E-state index in [4.69, 9.17) is 4.74 Å². The Bertz CT molecular complexity index is 607. The minimum atomic E-state index is -0.00256. The van der Waals surface area contributed by atoms with Gasteiger partial charge in [0.15, 0.2) is 0 Å². The molecule has 2 aliphatic rings. The highest BCUT2D eigenvalue weighted by molar-refractivity contribution is 5.94. The lowest BCUT2D eigenvalue weighted by Crippen LogP contribution is -2.55. The highest BCUT2D eigenvalue weighted by Gasteiger charge is 2.33. The summed E-state index contributed by atoms with van der Waals surface area (Å²) < 4.78 is 5.18. The van der Waals surface area contributed by atoms with Gasteiger partial charge in [0, 0.05) is 37.7 Å². The van der Waals surface area contributed by atoms with E-state index in [1.165, 1.54) is 0 Å². The molecule has 2 aliphatic heterocycles. The van der Waals surface area contributed by atoms with Crippen molar-refractivity contribution in [1.29, 1.82) is 0 Å². The van der Waals surface area contributed by atoms with E-state index in [-0.39, 0.29) is 17.7 Å². The molecule has 1 aromatic rings. The lowest BCUT2D eigenvalue weighted by atomic mass is 9.88. The van der Waals surface area contributed by atoms with Gasteiger partial charge in [0.2, 0.25) is 5.91 Å². The van der Waals surface area contributed by atoms with Gasteiger partial charge in [-0.25, -0.2) is 0 Å². The lowest BCUT2D eigenvalue weighted by molar-refractivity contribution is -0.138. The van der Waals surface area contributed by atoms with Crippen molar-refractivity contribution in [3.8, 4) is 5.75 Å². The van der Waals surface area contributed by atoms with Crippen molar-refractivity contribution in [3.05, 3.63) is 29.8 Å². The normalized spacial score (nSPS) is 19.6. The summed E-state index contributed by atoms with van der Waals surface area (Å²) >= 11 is 0. The molecule has 0 aliphatic carbocycles. The summed E-state index contributed by atoms with van der Waals surface area (Å²) in [6.07, 6.45) is 0. The Balaban J connectivity index is 1.56. The van der Waals surface area contributed by atoms with Crippen molar-refractivity contribution in [2.75, 3.05) is 46.4 Å². The first-order valence-electron chi connectivity index (χ1n) is 8.53. The number of hydrogen-bond donors (Lipinski definition) is 1. The molecule has 0 saturated carbocycles. The number of nitrogens with zero attached hydrogens (tertiary/aromatic N) is 2. The topological polar surface area (TPSA) is 61.9 Å². The highest BCUT2D eigenvalue weighted by Crippen LogP contribution is 2.20. The molecular formula is C18H25N3O3. The smallest absolute Gasteiger partial charge is 0.254 e. The molecule has 3 rings (SSSR count). The largest absolute Gasteiger partial charge is 0.497 e. The first-order valence-corrected chi connectivity index (χ1v) is 8.53. The maximum absolute atomic E-state index is 12.6. The van der Waals surface area contributed by atoms with E-state index in [0.29, 0.717) is 43.4 Å². The van der Waals surface area contributed by atoms with Crippen LogP contribution in [0.15, 0.2) is 24.3 Å². The molecule has 1 aromatic carbocycles. The molecule has 2 amide bonds. The van der Waals surface area contributed by atoms with Gasteiger partial charge in [-0.2, -0.15) is 0 Å². The second-order valence-electron chi connectivity index (χ2n) is 6.56. The van der Waals surface area contributed by atoms with Crippen molar-refractivity contribution in [1.82, 2.24) is 15.1 Å². The Morgan fingerprint density at radius 1 is 1.17 bits per heavy atom. The van der Waals surface area contributed by atoms with E-state index in [0.717, 1.165) is 13.1 Å². The number of hydrogen-bond acceptors (Lipinski definition) is 4. The number of benzene rings is 1. The molecular weight excluding hydrogens is 306 g/mol. The minimum absolute atomic E-state index is 0.00256. The van der Waals surface area contributed by atoms with E-state index in [2.05, 4.69) is 5.32 Å². The highest BCUT2D eigenvalue weighted by atomic mass is 16.5. The third kappa shape index (κ3) is 3.38. The van der Waals surface area contributed by atoms with Gasteiger partial charge in [-0.3, -0.25) is 9.59 Å². The van der Waals surface area contributed by atoms with Crippen molar-refractivity contribution >= 4 is 11.8 Å². The molecule has 0 bridgehead atoms. The van der Waals surface area contributed by atoms with E-state index in [1.54, 1.807) is 19.2 Å². The molecule has 0 spiro atoms. The summed E-state index contributed by atoms with van der Waals surface area (Å²) in [4.78, 5) is 28.9. The molecule has 0 radical (unpaired) electrons. The number of amides is 2. The first-order chi connectivity index (χ1) is 11.6. The number of nitrogens with one attached hydrogen (secondary N) is 1. The quantitative estimate of drug-likeness (QED) is 0.888. The van der Waals surface area contributed by atoms with Gasteiger partial charge in [-0.15, -0.1) is 0 Å². The number of carbonyl (C=O) groups is 2. The van der Waals surface area contributed by atoms with Crippen LogP contribution in [0.25, 0.3) is 0 Å². The Labute approximate surface area is 142 Å². The monoisotopic (exact) mass is 331 g/mol. The molecule has 0 aromatic heterocycles. The molecule has 24 heavy (non-hydrogen) atoms. The van der Waals surface area contributed by atoms with Crippen LogP contribution in [0.4, 0.5) is 0 Å². The van der Waals surface area contributed by atoms with E-state index in [1.807, 2.05) is 28.9 Å². The molecule has 6 heteroatoms. The number of piperazine rings is 1. The van der Waals surface area contributed by atoms with Crippen LogP contribution in [0.2, 0.25) is 0 Å². The third-order valence-corrected chi connectivity index (χ3v) is 5.10. The molecule has 2 fully saturated rings. The zero-order valence-electron chi connectivity index (χ0n) is 14.3. The zero-order chi connectivity index (χ0) is 17.1. The minimum Gasteiger partial charge on any atom is -0.497 e.